The Hall–Kier alpha value is -3.44. The van der Waals surface area contributed by atoms with Crippen LogP contribution in [0.15, 0.2) is 36.4 Å². The summed E-state index contributed by atoms with van der Waals surface area (Å²) in [7, 11) is 0. The molecule has 1 amide bonds. The molecule has 0 radical (unpaired) electrons. The zero-order valence-electron chi connectivity index (χ0n) is 21.7. The zero-order chi connectivity index (χ0) is 26.4. The summed E-state index contributed by atoms with van der Waals surface area (Å²) >= 11 is 0. The van der Waals surface area contributed by atoms with Gasteiger partial charge in [-0.1, -0.05) is 12.1 Å². The molecule has 2 saturated heterocycles. The molecule has 4 rings (SSSR count). The van der Waals surface area contributed by atoms with Crippen molar-refractivity contribution in [2.24, 2.45) is 0 Å². The number of amides is 1. The molecule has 11 nitrogen and oxygen atoms in total. The van der Waals surface area contributed by atoms with E-state index >= 15 is 0 Å². The molecule has 0 spiro atoms. The van der Waals surface area contributed by atoms with Gasteiger partial charge in [0.15, 0.2) is 0 Å². The maximum Gasteiger partial charge on any atom is 0.407 e. The summed E-state index contributed by atoms with van der Waals surface area (Å²) in [6.45, 7) is 10.8. The Kier molecular flexibility index (Phi) is 8.45. The fourth-order valence-electron chi connectivity index (χ4n) is 4.45. The number of carbonyl (C=O) groups excluding carboxylic acids is 1. The Morgan fingerprint density at radius 3 is 2.41 bits per heavy atom. The molecule has 37 heavy (non-hydrogen) atoms. The van der Waals surface area contributed by atoms with E-state index in [1.54, 1.807) is 6.07 Å². The summed E-state index contributed by atoms with van der Waals surface area (Å²) in [4.78, 5) is 32.1. The van der Waals surface area contributed by atoms with Crippen molar-refractivity contribution >= 4 is 29.1 Å². The van der Waals surface area contributed by atoms with Crippen molar-refractivity contribution in [3.8, 4) is 0 Å². The molecule has 2 N–H and O–H groups in total. The number of nitrogens with zero attached hydrogens (tertiary/aromatic N) is 4. The van der Waals surface area contributed by atoms with Gasteiger partial charge < -0.3 is 25.0 Å². The van der Waals surface area contributed by atoms with Crippen LogP contribution >= 0.6 is 0 Å². The molecule has 2 aromatic rings. The van der Waals surface area contributed by atoms with E-state index in [0.717, 1.165) is 43.7 Å². The van der Waals surface area contributed by atoms with Gasteiger partial charge in [-0.15, -0.1) is 0 Å². The summed E-state index contributed by atoms with van der Waals surface area (Å²) in [5.41, 5.74) is 1.31. The lowest BCUT2D eigenvalue weighted by atomic mass is 10.0. The van der Waals surface area contributed by atoms with E-state index < -0.39 is 10.5 Å². The van der Waals surface area contributed by atoms with Crippen LogP contribution < -0.4 is 15.5 Å². The van der Waals surface area contributed by atoms with Gasteiger partial charge in [0.05, 0.1) is 18.1 Å². The molecule has 0 aliphatic carbocycles. The number of pyridine rings is 1. The molecule has 2 aliphatic heterocycles. The highest BCUT2D eigenvalue weighted by Crippen LogP contribution is 2.29. The molecule has 2 aliphatic rings. The van der Waals surface area contributed by atoms with Gasteiger partial charge in [-0.3, -0.25) is 15.0 Å². The second kappa shape index (κ2) is 11.7. The predicted molar refractivity (Wildman–Crippen MR) is 141 cm³/mol. The van der Waals surface area contributed by atoms with Crippen LogP contribution in [-0.2, 0) is 16.0 Å². The molecule has 200 valence electrons. The normalized spacial score (nSPS) is 17.3. The highest BCUT2D eigenvalue weighted by Gasteiger charge is 2.24. The molecule has 0 atom stereocenters. The number of alkyl carbamates (subject to hydrolysis) is 1. The lowest BCUT2D eigenvalue weighted by Crippen LogP contribution is -2.45. The number of carbonyl (C=O) groups is 1. The maximum absolute atomic E-state index is 12.0. The van der Waals surface area contributed by atoms with Gasteiger partial charge in [0.1, 0.15) is 11.4 Å². The average molecular weight is 513 g/mol. The Morgan fingerprint density at radius 1 is 1.11 bits per heavy atom. The number of anilines is 3. The standard InChI is InChI=1S/C26H36N6O5/c1-26(2,3)37-25(33)28-21-10-12-30(13-11-21)18-19-4-6-20(7-5-19)27-24-22(32(34)35)8-9-23(29-24)31-14-16-36-17-15-31/h4-9,21H,10-18H2,1-3H3,(H,27,29)(H,28,33). The summed E-state index contributed by atoms with van der Waals surface area (Å²) in [6.07, 6.45) is 1.38. The average Bonchev–Trinajstić information content (AvgIpc) is 2.85. The molecule has 1 aromatic carbocycles. The van der Waals surface area contributed by atoms with Crippen LogP contribution in [0.3, 0.4) is 0 Å². The van der Waals surface area contributed by atoms with Crippen molar-refractivity contribution in [1.29, 1.82) is 0 Å². The maximum atomic E-state index is 12.0. The summed E-state index contributed by atoms with van der Waals surface area (Å²) in [6, 6.07) is 11.2. The number of benzene rings is 1. The van der Waals surface area contributed by atoms with Gasteiger partial charge in [0.2, 0.25) is 5.82 Å². The number of piperidine rings is 1. The molecule has 0 unspecified atom stereocenters. The highest BCUT2D eigenvalue weighted by molar-refractivity contribution is 5.68. The van der Waals surface area contributed by atoms with Crippen LogP contribution in [-0.4, -0.2) is 71.9 Å². The van der Waals surface area contributed by atoms with Crippen molar-refractivity contribution in [1.82, 2.24) is 15.2 Å². The Morgan fingerprint density at radius 2 is 1.78 bits per heavy atom. The second-order valence-electron chi connectivity index (χ2n) is 10.4. The van der Waals surface area contributed by atoms with E-state index in [4.69, 9.17) is 9.47 Å². The minimum atomic E-state index is -0.502. The topological polar surface area (TPSA) is 122 Å². The number of rotatable bonds is 7. The lowest BCUT2D eigenvalue weighted by molar-refractivity contribution is -0.384. The summed E-state index contributed by atoms with van der Waals surface area (Å²) in [5.74, 6) is 0.916. The molecule has 0 saturated carbocycles. The minimum Gasteiger partial charge on any atom is -0.444 e. The predicted octanol–water partition coefficient (Wildman–Crippen LogP) is 4.06. The van der Waals surface area contributed by atoms with Gasteiger partial charge in [-0.25, -0.2) is 9.78 Å². The quantitative estimate of drug-likeness (QED) is 0.418. The van der Waals surface area contributed by atoms with Crippen molar-refractivity contribution in [2.45, 2.75) is 51.8 Å². The number of hydrogen-bond acceptors (Lipinski definition) is 9. The Balaban J connectivity index is 1.32. The van der Waals surface area contributed by atoms with Crippen molar-refractivity contribution in [3.63, 3.8) is 0 Å². The Bertz CT molecular complexity index is 1070. The molecule has 3 heterocycles. The largest absolute Gasteiger partial charge is 0.444 e. The smallest absolute Gasteiger partial charge is 0.407 e. The second-order valence-corrected chi connectivity index (χ2v) is 10.4. The van der Waals surface area contributed by atoms with Gasteiger partial charge in [0, 0.05) is 50.5 Å². The first kappa shape index (κ1) is 26.6. The molecular weight excluding hydrogens is 476 g/mol. The number of nitrogens with one attached hydrogen (secondary N) is 2. The fourth-order valence-corrected chi connectivity index (χ4v) is 4.45. The number of likely N-dealkylation sites (tertiary alicyclic amines) is 1. The minimum absolute atomic E-state index is 0.0658. The number of aromatic nitrogens is 1. The van der Waals surface area contributed by atoms with E-state index in [2.05, 4.69) is 25.4 Å². The third kappa shape index (κ3) is 7.77. The number of morpholine rings is 1. The third-order valence-corrected chi connectivity index (χ3v) is 6.32. The van der Waals surface area contributed by atoms with Crippen molar-refractivity contribution in [2.75, 3.05) is 49.6 Å². The van der Waals surface area contributed by atoms with Crippen LogP contribution in [0.5, 0.6) is 0 Å². The first-order valence-electron chi connectivity index (χ1n) is 12.7. The van der Waals surface area contributed by atoms with E-state index in [0.29, 0.717) is 32.1 Å². The lowest BCUT2D eigenvalue weighted by Gasteiger charge is -2.32. The van der Waals surface area contributed by atoms with Crippen molar-refractivity contribution in [3.05, 3.63) is 52.1 Å². The zero-order valence-corrected chi connectivity index (χ0v) is 21.7. The highest BCUT2D eigenvalue weighted by atomic mass is 16.6. The summed E-state index contributed by atoms with van der Waals surface area (Å²) in [5, 5.41) is 17.7. The van der Waals surface area contributed by atoms with Gasteiger partial charge in [-0.2, -0.15) is 0 Å². The number of ether oxygens (including phenoxy) is 2. The number of nitro groups is 1. The molecule has 1 aromatic heterocycles. The van der Waals surface area contributed by atoms with E-state index in [1.807, 2.05) is 45.0 Å². The molecule has 0 bridgehead atoms. The van der Waals surface area contributed by atoms with Crippen LogP contribution in [0.2, 0.25) is 0 Å². The fraction of sp³-hybridized carbons (Fsp3) is 0.538. The third-order valence-electron chi connectivity index (χ3n) is 6.32. The van der Waals surface area contributed by atoms with Crippen molar-refractivity contribution < 1.29 is 19.2 Å². The monoisotopic (exact) mass is 512 g/mol. The van der Waals surface area contributed by atoms with Gasteiger partial charge >= 0.3 is 11.8 Å². The first-order chi connectivity index (χ1) is 17.7. The van der Waals surface area contributed by atoms with Gasteiger partial charge in [-0.05, 0) is 57.4 Å². The molecule has 11 heteroatoms. The van der Waals surface area contributed by atoms with Crippen LogP contribution in [0.1, 0.15) is 39.2 Å². The summed E-state index contributed by atoms with van der Waals surface area (Å²) < 4.78 is 10.7. The van der Waals surface area contributed by atoms with E-state index in [-0.39, 0.29) is 23.6 Å². The van der Waals surface area contributed by atoms with E-state index in [9.17, 15) is 14.9 Å². The first-order valence-corrected chi connectivity index (χ1v) is 12.7. The SMILES string of the molecule is CC(C)(C)OC(=O)NC1CCN(Cc2ccc(Nc3nc(N4CCOCC4)ccc3[N+](=O)[O-])cc2)CC1. The van der Waals surface area contributed by atoms with E-state index in [1.165, 1.54) is 6.07 Å². The number of hydrogen-bond donors (Lipinski definition) is 2. The molecular formula is C26H36N6O5. The molecule has 2 fully saturated rings. The van der Waals surface area contributed by atoms with Crippen LogP contribution in [0.4, 0.5) is 27.8 Å². The van der Waals surface area contributed by atoms with Gasteiger partial charge in [0.25, 0.3) is 0 Å². The van der Waals surface area contributed by atoms with Crippen LogP contribution in [0, 0.1) is 10.1 Å². The van der Waals surface area contributed by atoms with Crippen LogP contribution in [0.25, 0.3) is 0 Å². The Labute approximate surface area is 217 Å².